The van der Waals surface area contributed by atoms with Gasteiger partial charge in [0, 0.05) is 25.5 Å². The minimum Gasteiger partial charge on any atom is -0.335 e. The lowest BCUT2D eigenvalue weighted by Gasteiger charge is -2.16. The van der Waals surface area contributed by atoms with Gasteiger partial charge in [0.1, 0.15) is 18.2 Å². The van der Waals surface area contributed by atoms with Gasteiger partial charge in [-0.25, -0.2) is 9.37 Å². The van der Waals surface area contributed by atoms with Crippen molar-refractivity contribution < 1.29 is 22.4 Å². The van der Waals surface area contributed by atoms with E-state index in [-0.39, 0.29) is 18.2 Å². The Hall–Kier alpha value is -2.64. The van der Waals surface area contributed by atoms with E-state index in [1.165, 1.54) is 60.8 Å². The van der Waals surface area contributed by atoms with Crippen molar-refractivity contribution in [1.29, 1.82) is 0 Å². The normalized spacial score (nSPS) is 11.9. The SMILES string of the molecule is CN(Cc1nccn1CC(F)(F)F)C(=O)C=Cc1ccc(F)cc1. The molecule has 4 nitrogen and oxygen atoms in total. The van der Waals surface area contributed by atoms with Crippen LogP contribution in [0.15, 0.2) is 42.7 Å². The average Bonchev–Trinajstić information content (AvgIpc) is 2.91. The molecule has 2 aromatic rings. The molecule has 0 atom stereocenters. The van der Waals surface area contributed by atoms with Crippen molar-refractivity contribution >= 4 is 12.0 Å². The standard InChI is InChI=1S/C16H15F4N3O/c1-22(10-14-21-8-9-23(14)11-16(18,19)20)15(24)7-4-12-2-5-13(17)6-3-12/h2-9H,10-11H2,1H3. The zero-order valence-electron chi connectivity index (χ0n) is 12.8. The van der Waals surface area contributed by atoms with Crippen LogP contribution in [-0.4, -0.2) is 33.6 Å². The number of aromatic nitrogens is 2. The van der Waals surface area contributed by atoms with Crippen molar-refractivity contribution in [3.8, 4) is 0 Å². The molecule has 1 aromatic carbocycles. The number of hydrogen-bond acceptors (Lipinski definition) is 2. The highest BCUT2D eigenvalue weighted by Crippen LogP contribution is 2.18. The molecule has 0 aliphatic rings. The van der Waals surface area contributed by atoms with Crippen LogP contribution in [0.4, 0.5) is 17.6 Å². The number of nitrogens with zero attached hydrogens (tertiary/aromatic N) is 3. The lowest BCUT2D eigenvalue weighted by Crippen LogP contribution is -2.27. The van der Waals surface area contributed by atoms with Crippen LogP contribution in [0.5, 0.6) is 0 Å². The molecule has 0 fully saturated rings. The second-order valence-corrected chi connectivity index (χ2v) is 5.17. The van der Waals surface area contributed by atoms with Crippen molar-refractivity contribution in [2.75, 3.05) is 7.05 Å². The Kier molecular flexibility index (Phi) is 5.38. The summed E-state index contributed by atoms with van der Waals surface area (Å²) in [5, 5.41) is 0. The Bertz CT molecular complexity index is 720. The molecule has 0 radical (unpaired) electrons. The number of hydrogen-bond donors (Lipinski definition) is 0. The van der Waals surface area contributed by atoms with Gasteiger partial charge in [-0.05, 0) is 23.8 Å². The number of alkyl halides is 3. The molecule has 0 unspecified atom stereocenters. The zero-order chi connectivity index (χ0) is 17.7. The summed E-state index contributed by atoms with van der Waals surface area (Å²) >= 11 is 0. The second kappa shape index (κ2) is 7.29. The van der Waals surface area contributed by atoms with E-state index >= 15 is 0 Å². The van der Waals surface area contributed by atoms with E-state index < -0.39 is 18.6 Å². The van der Waals surface area contributed by atoms with Crippen LogP contribution in [0.25, 0.3) is 6.08 Å². The molecular weight excluding hydrogens is 326 g/mol. The lowest BCUT2D eigenvalue weighted by molar-refractivity contribution is -0.141. The summed E-state index contributed by atoms with van der Waals surface area (Å²) in [5.74, 6) is -0.647. The number of likely N-dealkylation sites (N-methyl/N-ethyl adjacent to an activating group) is 1. The predicted molar refractivity (Wildman–Crippen MR) is 80.2 cm³/mol. The van der Waals surface area contributed by atoms with E-state index in [0.29, 0.717) is 5.56 Å². The third-order valence-electron chi connectivity index (χ3n) is 3.19. The number of carbonyl (C=O) groups excluding carboxylic acids is 1. The van der Waals surface area contributed by atoms with E-state index in [0.717, 1.165) is 4.57 Å². The van der Waals surface area contributed by atoms with Gasteiger partial charge in [-0.2, -0.15) is 13.2 Å². The molecule has 0 bridgehead atoms. The first-order valence-electron chi connectivity index (χ1n) is 7.00. The molecule has 2 rings (SSSR count). The summed E-state index contributed by atoms with van der Waals surface area (Å²) < 4.78 is 51.1. The van der Waals surface area contributed by atoms with Gasteiger partial charge in [0.05, 0.1) is 6.54 Å². The van der Waals surface area contributed by atoms with Gasteiger partial charge in [0.15, 0.2) is 0 Å². The fraction of sp³-hybridized carbons (Fsp3) is 0.250. The zero-order valence-corrected chi connectivity index (χ0v) is 12.8. The van der Waals surface area contributed by atoms with E-state index in [4.69, 9.17) is 0 Å². The molecule has 24 heavy (non-hydrogen) atoms. The highest BCUT2D eigenvalue weighted by molar-refractivity contribution is 5.91. The topological polar surface area (TPSA) is 38.1 Å². The Balaban J connectivity index is 1.99. The van der Waals surface area contributed by atoms with Crippen LogP contribution < -0.4 is 0 Å². The number of halogens is 4. The van der Waals surface area contributed by atoms with Crippen molar-refractivity contribution in [3.05, 3.63) is 59.9 Å². The highest BCUT2D eigenvalue weighted by Gasteiger charge is 2.29. The van der Waals surface area contributed by atoms with E-state index in [1.54, 1.807) is 0 Å². The maximum Gasteiger partial charge on any atom is 0.406 e. The van der Waals surface area contributed by atoms with E-state index in [9.17, 15) is 22.4 Å². The number of benzene rings is 1. The molecule has 8 heteroatoms. The van der Waals surface area contributed by atoms with Crippen molar-refractivity contribution in [2.45, 2.75) is 19.3 Å². The summed E-state index contributed by atoms with van der Waals surface area (Å²) in [7, 11) is 1.46. The first-order chi connectivity index (χ1) is 11.2. The summed E-state index contributed by atoms with van der Waals surface area (Å²) in [5.41, 5.74) is 0.636. The summed E-state index contributed by atoms with van der Waals surface area (Å²) in [6.45, 7) is -1.22. The fourth-order valence-electron chi connectivity index (χ4n) is 1.99. The molecule has 128 valence electrons. The van der Waals surface area contributed by atoms with Crippen molar-refractivity contribution in [3.63, 3.8) is 0 Å². The largest absolute Gasteiger partial charge is 0.406 e. The van der Waals surface area contributed by atoms with Crippen LogP contribution in [0.3, 0.4) is 0 Å². The molecule has 1 heterocycles. The maximum absolute atomic E-state index is 12.8. The maximum atomic E-state index is 12.8. The smallest absolute Gasteiger partial charge is 0.335 e. The molecule has 0 spiro atoms. The second-order valence-electron chi connectivity index (χ2n) is 5.17. The van der Waals surface area contributed by atoms with Crippen LogP contribution >= 0.6 is 0 Å². The molecule has 0 aliphatic heterocycles. The molecule has 0 saturated heterocycles. The summed E-state index contributed by atoms with van der Waals surface area (Å²) in [6.07, 6.45) is 0.883. The van der Waals surface area contributed by atoms with Gasteiger partial charge >= 0.3 is 6.18 Å². The first-order valence-corrected chi connectivity index (χ1v) is 7.00. The molecule has 0 aliphatic carbocycles. The Morgan fingerprint density at radius 3 is 2.58 bits per heavy atom. The van der Waals surface area contributed by atoms with Gasteiger partial charge < -0.3 is 9.47 Å². The van der Waals surface area contributed by atoms with Gasteiger partial charge in [-0.1, -0.05) is 12.1 Å². The van der Waals surface area contributed by atoms with Crippen molar-refractivity contribution in [2.24, 2.45) is 0 Å². The van der Waals surface area contributed by atoms with Gasteiger partial charge in [0.2, 0.25) is 5.91 Å². The lowest BCUT2D eigenvalue weighted by atomic mass is 10.2. The average molecular weight is 341 g/mol. The van der Waals surface area contributed by atoms with Gasteiger partial charge in [-0.3, -0.25) is 4.79 Å². The monoisotopic (exact) mass is 341 g/mol. The Labute approximate surface area is 136 Å². The van der Waals surface area contributed by atoms with E-state index in [1.807, 2.05) is 0 Å². The first kappa shape index (κ1) is 17.7. The van der Waals surface area contributed by atoms with E-state index in [2.05, 4.69) is 4.98 Å². The number of imidazole rings is 1. The molecule has 0 saturated carbocycles. The predicted octanol–water partition coefficient (Wildman–Crippen LogP) is 3.26. The third kappa shape index (κ3) is 5.22. The molecule has 1 amide bonds. The fourth-order valence-corrected chi connectivity index (χ4v) is 1.99. The Morgan fingerprint density at radius 1 is 1.29 bits per heavy atom. The molecular formula is C16H15F4N3O. The van der Waals surface area contributed by atoms with Crippen molar-refractivity contribution in [1.82, 2.24) is 14.5 Å². The number of rotatable bonds is 5. The quantitative estimate of drug-likeness (QED) is 0.618. The molecule has 1 aromatic heterocycles. The Morgan fingerprint density at radius 2 is 1.96 bits per heavy atom. The molecule has 0 N–H and O–H groups in total. The van der Waals surface area contributed by atoms with Crippen LogP contribution in [0, 0.1) is 5.82 Å². The van der Waals surface area contributed by atoms with Crippen LogP contribution in [0.1, 0.15) is 11.4 Å². The van der Waals surface area contributed by atoms with Gasteiger partial charge in [-0.15, -0.1) is 0 Å². The third-order valence-corrected chi connectivity index (χ3v) is 3.19. The van der Waals surface area contributed by atoms with Crippen LogP contribution in [0.2, 0.25) is 0 Å². The number of amides is 1. The van der Waals surface area contributed by atoms with Crippen LogP contribution in [-0.2, 0) is 17.9 Å². The van der Waals surface area contributed by atoms with Gasteiger partial charge in [0.25, 0.3) is 0 Å². The minimum absolute atomic E-state index is 0.0599. The number of carbonyl (C=O) groups is 1. The summed E-state index contributed by atoms with van der Waals surface area (Å²) in [4.78, 5) is 17.1. The minimum atomic E-state index is -4.36. The highest BCUT2D eigenvalue weighted by atomic mass is 19.4. The summed E-state index contributed by atoms with van der Waals surface area (Å²) in [6, 6.07) is 5.55.